The first kappa shape index (κ1) is 17.7. The Labute approximate surface area is 151 Å². The monoisotopic (exact) mass is 352 g/mol. The molecule has 1 aliphatic heterocycles. The first-order valence-electron chi connectivity index (χ1n) is 8.42. The molecule has 3 rings (SSSR count). The molecule has 0 aliphatic carbocycles. The van der Waals surface area contributed by atoms with Crippen molar-refractivity contribution in [3.05, 3.63) is 59.7 Å². The number of hydrogen-bond acceptors (Lipinski definition) is 4. The topological polar surface area (TPSA) is 75.7 Å². The van der Waals surface area contributed by atoms with E-state index < -0.39 is 0 Å². The van der Waals surface area contributed by atoms with E-state index in [-0.39, 0.29) is 37.0 Å². The summed E-state index contributed by atoms with van der Waals surface area (Å²) in [6.07, 6.45) is 0.228. The van der Waals surface area contributed by atoms with Gasteiger partial charge < -0.3 is 15.0 Å². The van der Waals surface area contributed by atoms with Gasteiger partial charge in [-0.25, -0.2) is 0 Å². The van der Waals surface area contributed by atoms with Crippen molar-refractivity contribution in [2.45, 2.75) is 19.4 Å². The molecule has 0 saturated heterocycles. The molecule has 0 fully saturated rings. The second kappa shape index (κ2) is 7.82. The van der Waals surface area contributed by atoms with Crippen LogP contribution in [0.15, 0.2) is 48.5 Å². The van der Waals surface area contributed by atoms with Crippen molar-refractivity contribution in [3.63, 3.8) is 0 Å². The molecular formula is C20H20N2O4. The molecule has 0 saturated carbocycles. The van der Waals surface area contributed by atoms with Crippen LogP contribution >= 0.6 is 0 Å². The summed E-state index contributed by atoms with van der Waals surface area (Å²) in [6.45, 7) is 0.440. The fourth-order valence-corrected chi connectivity index (χ4v) is 2.70. The van der Waals surface area contributed by atoms with Gasteiger partial charge in [0.2, 0.25) is 5.91 Å². The maximum Gasteiger partial charge on any atom is 0.264 e. The molecule has 6 nitrogen and oxygen atoms in total. The molecular weight excluding hydrogens is 332 g/mol. The van der Waals surface area contributed by atoms with Gasteiger partial charge in [-0.15, -0.1) is 0 Å². The maximum absolute atomic E-state index is 12.4. The van der Waals surface area contributed by atoms with Crippen molar-refractivity contribution >= 4 is 23.3 Å². The SMILES string of the molecule is CN1C(=O)COc2ccc(C(=O)CCC(=O)NCc3ccccc3)cc21. The lowest BCUT2D eigenvalue weighted by Gasteiger charge is -2.26. The lowest BCUT2D eigenvalue weighted by atomic mass is 10.0. The van der Waals surface area contributed by atoms with E-state index in [0.717, 1.165) is 5.56 Å². The van der Waals surface area contributed by atoms with Gasteiger partial charge in [0.05, 0.1) is 5.69 Å². The third-order valence-electron chi connectivity index (χ3n) is 4.28. The number of Topliss-reactive ketones (excluding diaryl/α,β-unsaturated/α-hetero) is 1. The molecule has 2 aromatic carbocycles. The third-order valence-corrected chi connectivity index (χ3v) is 4.28. The Morgan fingerprint density at radius 3 is 2.65 bits per heavy atom. The minimum absolute atomic E-state index is 0.00161. The largest absolute Gasteiger partial charge is 0.482 e. The van der Waals surface area contributed by atoms with E-state index in [2.05, 4.69) is 5.32 Å². The summed E-state index contributed by atoms with van der Waals surface area (Å²) in [5.41, 5.74) is 2.04. The van der Waals surface area contributed by atoms with Gasteiger partial charge in [-0.1, -0.05) is 30.3 Å². The number of amides is 2. The number of carbonyl (C=O) groups excluding carboxylic acids is 3. The molecule has 26 heavy (non-hydrogen) atoms. The molecule has 134 valence electrons. The third kappa shape index (κ3) is 4.08. The zero-order valence-corrected chi connectivity index (χ0v) is 14.5. The van der Waals surface area contributed by atoms with Crippen LogP contribution in [0.25, 0.3) is 0 Å². The molecule has 1 N–H and O–H groups in total. The average molecular weight is 352 g/mol. The molecule has 1 aliphatic rings. The molecule has 1 heterocycles. The predicted molar refractivity (Wildman–Crippen MR) is 97.2 cm³/mol. The van der Waals surface area contributed by atoms with Gasteiger partial charge in [-0.3, -0.25) is 14.4 Å². The van der Waals surface area contributed by atoms with Crippen LogP contribution in [-0.4, -0.2) is 31.3 Å². The van der Waals surface area contributed by atoms with Gasteiger partial charge in [-0.05, 0) is 23.8 Å². The number of rotatable bonds is 6. The summed E-state index contributed by atoms with van der Waals surface area (Å²) < 4.78 is 5.35. The van der Waals surface area contributed by atoms with E-state index in [1.807, 2.05) is 30.3 Å². The summed E-state index contributed by atoms with van der Waals surface area (Å²) in [7, 11) is 1.65. The van der Waals surface area contributed by atoms with Gasteiger partial charge in [-0.2, -0.15) is 0 Å². The van der Waals surface area contributed by atoms with E-state index in [4.69, 9.17) is 4.74 Å². The molecule has 0 unspecified atom stereocenters. The summed E-state index contributed by atoms with van der Waals surface area (Å²) in [5, 5.41) is 2.80. The van der Waals surface area contributed by atoms with E-state index in [0.29, 0.717) is 23.5 Å². The Bertz CT molecular complexity index is 833. The quantitative estimate of drug-likeness (QED) is 0.810. The Hall–Kier alpha value is -3.15. The number of likely N-dealkylation sites (N-methyl/N-ethyl adjacent to an activating group) is 1. The van der Waals surface area contributed by atoms with Crippen molar-refractivity contribution in [1.29, 1.82) is 0 Å². The standard InChI is InChI=1S/C20H20N2O4/c1-22-16-11-15(7-9-18(16)26-13-20(22)25)17(23)8-10-19(24)21-12-14-5-3-2-4-6-14/h2-7,9,11H,8,10,12-13H2,1H3,(H,21,24). The Morgan fingerprint density at radius 2 is 1.88 bits per heavy atom. The molecule has 2 aromatic rings. The number of benzene rings is 2. The lowest BCUT2D eigenvalue weighted by molar-refractivity contribution is -0.121. The predicted octanol–water partition coefficient (Wildman–Crippen LogP) is 2.32. The van der Waals surface area contributed by atoms with Crippen LogP contribution in [0.3, 0.4) is 0 Å². The minimum Gasteiger partial charge on any atom is -0.482 e. The van der Waals surface area contributed by atoms with E-state index in [9.17, 15) is 14.4 Å². The molecule has 2 amide bonds. The molecule has 0 aromatic heterocycles. The van der Waals surface area contributed by atoms with Gasteiger partial charge in [0.15, 0.2) is 12.4 Å². The Balaban J connectivity index is 1.55. The number of carbonyl (C=O) groups is 3. The van der Waals surface area contributed by atoms with Crippen LogP contribution in [0, 0.1) is 0 Å². The fraction of sp³-hybridized carbons (Fsp3) is 0.250. The molecule has 0 spiro atoms. The van der Waals surface area contributed by atoms with Crippen molar-refractivity contribution in [1.82, 2.24) is 5.32 Å². The normalized spacial score (nSPS) is 13.0. The van der Waals surface area contributed by atoms with Crippen LogP contribution in [0.1, 0.15) is 28.8 Å². The highest BCUT2D eigenvalue weighted by molar-refractivity contribution is 6.02. The number of nitrogens with one attached hydrogen (secondary N) is 1. The highest BCUT2D eigenvalue weighted by Gasteiger charge is 2.23. The molecule has 0 bridgehead atoms. The van der Waals surface area contributed by atoms with Crippen LogP contribution in [0.5, 0.6) is 5.75 Å². The van der Waals surface area contributed by atoms with E-state index >= 15 is 0 Å². The Morgan fingerprint density at radius 1 is 1.12 bits per heavy atom. The first-order chi connectivity index (χ1) is 12.5. The van der Waals surface area contributed by atoms with Gasteiger partial charge in [0.1, 0.15) is 5.75 Å². The fourth-order valence-electron chi connectivity index (χ4n) is 2.70. The highest BCUT2D eigenvalue weighted by atomic mass is 16.5. The maximum atomic E-state index is 12.4. The van der Waals surface area contributed by atoms with Crippen LogP contribution < -0.4 is 15.0 Å². The molecule has 0 atom stereocenters. The minimum atomic E-state index is -0.171. The lowest BCUT2D eigenvalue weighted by Crippen LogP contribution is -2.35. The number of anilines is 1. The first-order valence-corrected chi connectivity index (χ1v) is 8.42. The number of ether oxygens (including phenoxy) is 1. The zero-order valence-electron chi connectivity index (χ0n) is 14.5. The second-order valence-electron chi connectivity index (χ2n) is 6.11. The van der Waals surface area contributed by atoms with Crippen molar-refractivity contribution in [2.75, 3.05) is 18.6 Å². The van der Waals surface area contributed by atoms with Gasteiger partial charge in [0.25, 0.3) is 5.91 Å². The average Bonchev–Trinajstić information content (AvgIpc) is 2.68. The summed E-state index contributed by atoms with van der Waals surface area (Å²) in [6, 6.07) is 14.6. The van der Waals surface area contributed by atoms with Crippen LogP contribution in [0.4, 0.5) is 5.69 Å². The molecule has 0 radical (unpaired) electrons. The summed E-state index contributed by atoms with van der Waals surface area (Å²) in [5.74, 6) is 0.0940. The number of ketones is 1. The summed E-state index contributed by atoms with van der Waals surface area (Å²) >= 11 is 0. The second-order valence-corrected chi connectivity index (χ2v) is 6.11. The van der Waals surface area contributed by atoms with Crippen molar-refractivity contribution < 1.29 is 19.1 Å². The van der Waals surface area contributed by atoms with Crippen molar-refractivity contribution in [2.24, 2.45) is 0 Å². The number of nitrogens with zero attached hydrogens (tertiary/aromatic N) is 1. The number of fused-ring (bicyclic) bond motifs is 1. The smallest absolute Gasteiger partial charge is 0.264 e. The van der Waals surface area contributed by atoms with E-state index in [1.165, 1.54) is 4.90 Å². The summed E-state index contributed by atoms with van der Waals surface area (Å²) in [4.78, 5) is 37.5. The van der Waals surface area contributed by atoms with Crippen LogP contribution in [-0.2, 0) is 16.1 Å². The van der Waals surface area contributed by atoms with Crippen molar-refractivity contribution in [3.8, 4) is 5.75 Å². The van der Waals surface area contributed by atoms with E-state index in [1.54, 1.807) is 25.2 Å². The zero-order chi connectivity index (χ0) is 18.5. The van der Waals surface area contributed by atoms with Gasteiger partial charge >= 0.3 is 0 Å². The Kier molecular flexibility index (Phi) is 5.31. The van der Waals surface area contributed by atoms with Gasteiger partial charge in [0, 0.05) is 32.0 Å². The highest BCUT2D eigenvalue weighted by Crippen LogP contribution is 2.32. The number of hydrogen-bond donors (Lipinski definition) is 1. The molecule has 6 heteroatoms. The van der Waals surface area contributed by atoms with Crippen LogP contribution in [0.2, 0.25) is 0 Å².